The summed E-state index contributed by atoms with van der Waals surface area (Å²) in [5.41, 5.74) is 0.233. The maximum atomic E-state index is 13.3. The lowest BCUT2D eigenvalue weighted by atomic mass is 10.1. The maximum Gasteiger partial charge on any atom is 0.317 e. The molecule has 1 unspecified atom stereocenters. The Hall–Kier alpha value is -1.69. The van der Waals surface area contributed by atoms with E-state index in [4.69, 9.17) is 5.11 Å². The van der Waals surface area contributed by atoms with Crippen molar-refractivity contribution >= 4 is 6.03 Å². The van der Waals surface area contributed by atoms with Crippen molar-refractivity contribution in [3.8, 4) is 0 Å². The molecule has 0 aliphatic heterocycles. The normalized spacial score (nSPS) is 12.1. The van der Waals surface area contributed by atoms with Crippen LogP contribution in [-0.4, -0.2) is 42.3 Å². The van der Waals surface area contributed by atoms with E-state index in [1.54, 1.807) is 14.0 Å². The van der Waals surface area contributed by atoms with Crippen LogP contribution in [0.5, 0.6) is 0 Å². The molecule has 1 aromatic carbocycles. The largest absolute Gasteiger partial charge is 0.393 e. The Kier molecular flexibility index (Phi) is 6.38. The number of nitrogens with one attached hydrogen (secondary N) is 1. The van der Waals surface area contributed by atoms with Crippen molar-refractivity contribution < 1.29 is 18.7 Å². The number of nitrogens with zero attached hydrogens (tertiary/aromatic N) is 1. The minimum absolute atomic E-state index is 0.220. The van der Waals surface area contributed by atoms with Gasteiger partial charge in [-0.15, -0.1) is 0 Å². The molecule has 6 heteroatoms. The van der Waals surface area contributed by atoms with E-state index in [1.165, 1.54) is 4.90 Å². The fraction of sp³-hybridized carbons (Fsp3) is 0.500. The van der Waals surface area contributed by atoms with E-state index in [2.05, 4.69) is 5.32 Å². The predicted octanol–water partition coefficient (Wildman–Crippen LogP) is 1.92. The van der Waals surface area contributed by atoms with Crippen LogP contribution in [0.1, 0.15) is 18.9 Å². The van der Waals surface area contributed by atoms with Crippen molar-refractivity contribution in [1.82, 2.24) is 10.2 Å². The zero-order chi connectivity index (χ0) is 15.1. The fourth-order valence-corrected chi connectivity index (χ4v) is 1.66. The molecule has 2 amide bonds. The molecule has 2 N–H and O–H groups in total. The highest BCUT2D eigenvalue weighted by atomic mass is 19.1. The third-order valence-corrected chi connectivity index (χ3v) is 2.91. The third-order valence-electron chi connectivity index (χ3n) is 2.91. The van der Waals surface area contributed by atoms with E-state index in [0.29, 0.717) is 13.0 Å². The summed E-state index contributed by atoms with van der Waals surface area (Å²) in [5, 5.41) is 11.7. The minimum Gasteiger partial charge on any atom is -0.393 e. The molecule has 0 spiro atoms. The molecular formula is C14H20F2N2O2. The third kappa shape index (κ3) is 5.52. The van der Waals surface area contributed by atoms with Crippen LogP contribution in [0.25, 0.3) is 0 Å². The van der Waals surface area contributed by atoms with Gasteiger partial charge in [-0.25, -0.2) is 13.6 Å². The van der Waals surface area contributed by atoms with E-state index in [1.807, 2.05) is 0 Å². The number of hydrogen-bond donors (Lipinski definition) is 2. The Morgan fingerprint density at radius 3 is 2.80 bits per heavy atom. The van der Waals surface area contributed by atoms with Crippen molar-refractivity contribution in [1.29, 1.82) is 0 Å². The van der Waals surface area contributed by atoms with E-state index in [9.17, 15) is 13.6 Å². The molecule has 0 heterocycles. The molecule has 1 atom stereocenters. The number of rotatable bonds is 6. The van der Waals surface area contributed by atoms with Crippen LogP contribution < -0.4 is 5.32 Å². The van der Waals surface area contributed by atoms with Gasteiger partial charge in [-0.1, -0.05) is 0 Å². The fourth-order valence-electron chi connectivity index (χ4n) is 1.66. The summed E-state index contributed by atoms with van der Waals surface area (Å²) < 4.78 is 26.3. The molecule has 112 valence electrons. The van der Waals surface area contributed by atoms with Gasteiger partial charge in [0.1, 0.15) is 11.6 Å². The van der Waals surface area contributed by atoms with Gasteiger partial charge in [-0.3, -0.25) is 0 Å². The van der Waals surface area contributed by atoms with Gasteiger partial charge in [-0.05, 0) is 43.5 Å². The Morgan fingerprint density at radius 2 is 2.15 bits per heavy atom. The van der Waals surface area contributed by atoms with Crippen LogP contribution in [0, 0.1) is 11.6 Å². The second kappa shape index (κ2) is 7.79. The highest BCUT2D eigenvalue weighted by molar-refractivity contribution is 5.73. The summed E-state index contributed by atoms with van der Waals surface area (Å²) >= 11 is 0. The molecule has 0 bridgehead atoms. The Balaban J connectivity index is 2.36. The van der Waals surface area contributed by atoms with Crippen LogP contribution in [0.4, 0.5) is 13.6 Å². The van der Waals surface area contributed by atoms with Crippen LogP contribution in [0.15, 0.2) is 18.2 Å². The highest BCUT2D eigenvalue weighted by Gasteiger charge is 2.09. The second-order valence-corrected chi connectivity index (χ2v) is 4.78. The van der Waals surface area contributed by atoms with Crippen molar-refractivity contribution in [3.05, 3.63) is 35.4 Å². The van der Waals surface area contributed by atoms with Crippen LogP contribution >= 0.6 is 0 Å². The minimum atomic E-state index is -0.498. The van der Waals surface area contributed by atoms with E-state index in [0.717, 1.165) is 18.2 Å². The number of aliphatic hydroxyl groups excluding tert-OH is 1. The van der Waals surface area contributed by atoms with Crippen LogP contribution in [0.2, 0.25) is 0 Å². The van der Waals surface area contributed by atoms with Crippen LogP contribution in [-0.2, 0) is 6.42 Å². The van der Waals surface area contributed by atoms with Crippen molar-refractivity contribution in [3.63, 3.8) is 0 Å². The average molecular weight is 286 g/mol. The number of amides is 2. The van der Waals surface area contributed by atoms with Gasteiger partial charge in [0.05, 0.1) is 6.10 Å². The molecule has 0 fully saturated rings. The predicted molar refractivity (Wildman–Crippen MR) is 72.4 cm³/mol. The number of carbonyl (C=O) groups excluding carboxylic acids is 1. The Labute approximate surface area is 117 Å². The van der Waals surface area contributed by atoms with Gasteiger partial charge in [0, 0.05) is 20.1 Å². The van der Waals surface area contributed by atoms with E-state index < -0.39 is 17.7 Å². The molecule has 1 rings (SSSR count). The Bertz CT molecular complexity index is 453. The van der Waals surface area contributed by atoms with Crippen molar-refractivity contribution in [2.24, 2.45) is 0 Å². The number of benzene rings is 1. The van der Waals surface area contributed by atoms with Gasteiger partial charge in [0.25, 0.3) is 0 Å². The van der Waals surface area contributed by atoms with Gasteiger partial charge in [0.2, 0.25) is 0 Å². The smallest absolute Gasteiger partial charge is 0.317 e. The first-order chi connectivity index (χ1) is 9.40. The molecule has 0 saturated carbocycles. The summed E-state index contributed by atoms with van der Waals surface area (Å²) in [6, 6.07) is 2.95. The van der Waals surface area contributed by atoms with Gasteiger partial charge < -0.3 is 15.3 Å². The number of halogens is 2. The molecule has 20 heavy (non-hydrogen) atoms. The number of urea groups is 1. The molecule has 0 saturated heterocycles. The quantitative estimate of drug-likeness (QED) is 0.839. The zero-order valence-electron chi connectivity index (χ0n) is 11.7. The number of carbonyl (C=O) groups is 1. The van der Waals surface area contributed by atoms with Crippen molar-refractivity contribution in [2.75, 3.05) is 20.1 Å². The van der Waals surface area contributed by atoms with Gasteiger partial charge in [0.15, 0.2) is 0 Å². The highest BCUT2D eigenvalue weighted by Crippen LogP contribution is 2.09. The molecule has 0 aromatic heterocycles. The first kappa shape index (κ1) is 16.4. The topological polar surface area (TPSA) is 52.6 Å². The molecule has 4 nitrogen and oxygen atoms in total. The van der Waals surface area contributed by atoms with Crippen LogP contribution in [0.3, 0.4) is 0 Å². The monoisotopic (exact) mass is 286 g/mol. The summed E-state index contributed by atoms with van der Waals surface area (Å²) in [7, 11) is 1.61. The van der Waals surface area contributed by atoms with E-state index >= 15 is 0 Å². The summed E-state index contributed by atoms with van der Waals surface area (Å²) in [6.07, 6.45) is 0.244. The first-order valence-electron chi connectivity index (χ1n) is 6.51. The van der Waals surface area contributed by atoms with Gasteiger partial charge in [-0.2, -0.15) is 0 Å². The van der Waals surface area contributed by atoms with E-state index in [-0.39, 0.29) is 24.6 Å². The first-order valence-corrected chi connectivity index (χ1v) is 6.51. The average Bonchev–Trinajstić information content (AvgIpc) is 2.39. The summed E-state index contributed by atoms with van der Waals surface area (Å²) in [5.74, 6) is -0.982. The maximum absolute atomic E-state index is 13.3. The lowest BCUT2D eigenvalue weighted by Gasteiger charge is -2.18. The number of hydrogen-bond acceptors (Lipinski definition) is 2. The molecular weight excluding hydrogens is 266 g/mol. The molecule has 0 aliphatic rings. The van der Waals surface area contributed by atoms with Crippen molar-refractivity contribution in [2.45, 2.75) is 25.9 Å². The molecule has 0 aliphatic carbocycles. The second-order valence-electron chi connectivity index (χ2n) is 4.78. The summed E-state index contributed by atoms with van der Waals surface area (Å²) in [6.45, 7) is 2.30. The standard InChI is InChI=1S/C14H20F2N2O2/c1-10(19)6-8-18(2)14(20)17-7-5-11-9-12(15)3-4-13(11)16/h3-4,9-10,19H,5-8H2,1-2H3,(H,17,20). The molecule has 1 aromatic rings. The number of aliphatic hydroxyl groups is 1. The van der Waals surface area contributed by atoms with Gasteiger partial charge >= 0.3 is 6.03 Å². The lowest BCUT2D eigenvalue weighted by Crippen LogP contribution is -2.39. The summed E-state index contributed by atoms with van der Waals surface area (Å²) in [4.78, 5) is 13.1. The lowest BCUT2D eigenvalue weighted by molar-refractivity contribution is 0.163. The zero-order valence-corrected chi connectivity index (χ0v) is 11.7. The SMILES string of the molecule is CC(O)CCN(C)C(=O)NCCc1cc(F)ccc1F. The Morgan fingerprint density at radius 1 is 1.45 bits per heavy atom. The molecule has 0 radical (unpaired) electrons.